The van der Waals surface area contributed by atoms with E-state index in [2.05, 4.69) is 5.32 Å². The van der Waals surface area contributed by atoms with Crippen LogP contribution in [0.15, 0.2) is 41.8 Å². The highest BCUT2D eigenvalue weighted by Gasteiger charge is 2.19. The molecule has 0 unspecified atom stereocenters. The van der Waals surface area contributed by atoms with Gasteiger partial charge in [0.2, 0.25) is 0 Å². The van der Waals surface area contributed by atoms with Crippen molar-refractivity contribution in [3.05, 3.63) is 51.7 Å². The average molecular weight is 310 g/mol. The minimum atomic E-state index is -0.875. The third-order valence-electron chi connectivity index (χ3n) is 2.49. The molecule has 1 aromatic heterocycles. The van der Waals surface area contributed by atoms with Crippen LogP contribution in [0.1, 0.15) is 16.6 Å². The van der Waals surface area contributed by atoms with E-state index in [1.165, 1.54) is 18.3 Å². The first-order valence-electron chi connectivity index (χ1n) is 5.87. The van der Waals surface area contributed by atoms with Crippen LogP contribution >= 0.6 is 22.9 Å². The molecule has 0 aliphatic rings. The van der Waals surface area contributed by atoms with Gasteiger partial charge in [0.05, 0.1) is 0 Å². The second kappa shape index (κ2) is 6.54. The number of benzene rings is 1. The normalized spacial score (nSPS) is 11.7. The first-order valence-corrected chi connectivity index (χ1v) is 7.13. The van der Waals surface area contributed by atoms with Gasteiger partial charge in [0.1, 0.15) is 4.88 Å². The maximum absolute atomic E-state index is 11.9. The molecule has 0 bridgehead atoms. The van der Waals surface area contributed by atoms with Gasteiger partial charge in [-0.25, -0.2) is 4.79 Å². The molecule has 0 saturated carbocycles. The van der Waals surface area contributed by atoms with Gasteiger partial charge >= 0.3 is 5.97 Å². The molecule has 0 saturated heterocycles. The van der Waals surface area contributed by atoms with Crippen molar-refractivity contribution in [3.63, 3.8) is 0 Å². The molecule has 1 amide bonds. The summed E-state index contributed by atoms with van der Waals surface area (Å²) >= 11 is 7.03. The minimum absolute atomic E-state index is 0.391. The van der Waals surface area contributed by atoms with Crippen molar-refractivity contribution in [2.45, 2.75) is 13.0 Å². The topological polar surface area (TPSA) is 55.4 Å². The lowest BCUT2D eigenvalue weighted by Crippen LogP contribution is -2.29. The van der Waals surface area contributed by atoms with E-state index in [0.717, 1.165) is 0 Å². The SMILES string of the molecule is C[C@@H](OC(=O)c1cccs1)C(=O)Nc1ccc(Cl)cc1. The number of esters is 1. The first kappa shape index (κ1) is 14.6. The van der Waals surface area contributed by atoms with Gasteiger partial charge in [-0.15, -0.1) is 11.3 Å². The molecule has 0 spiro atoms. The molecule has 0 aliphatic carbocycles. The van der Waals surface area contributed by atoms with Gasteiger partial charge in [0, 0.05) is 10.7 Å². The van der Waals surface area contributed by atoms with Crippen molar-refractivity contribution in [2.75, 3.05) is 5.32 Å². The van der Waals surface area contributed by atoms with Crippen LogP contribution < -0.4 is 5.32 Å². The Balaban J connectivity index is 1.92. The predicted octanol–water partition coefficient (Wildman–Crippen LogP) is 3.59. The fourth-order valence-corrected chi connectivity index (χ4v) is 2.18. The highest BCUT2D eigenvalue weighted by atomic mass is 35.5. The number of nitrogens with one attached hydrogen (secondary N) is 1. The van der Waals surface area contributed by atoms with E-state index in [4.69, 9.17) is 16.3 Å². The Labute approximate surface area is 125 Å². The summed E-state index contributed by atoms with van der Waals surface area (Å²) in [6, 6.07) is 10.1. The molecule has 1 aromatic carbocycles. The van der Waals surface area contributed by atoms with Gasteiger partial charge in [-0.05, 0) is 42.6 Å². The zero-order chi connectivity index (χ0) is 14.5. The van der Waals surface area contributed by atoms with E-state index in [-0.39, 0.29) is 0 Å². The summed E-state index contributed by atoms with van der Waals surface area (Å²) in [5.41, 5.74) is 0.596. The largest absolute Gasteiger partial charge is 0.448 e. The molecular formula is C14H12ClNO3S. The predicted molar refractivity (Wildman–Crippen MR) is 79.3 cm³/mol. The molecule has 1 heterocycles. The molecule has 1 atom stereocenters. The molecule has 2 aromatic rings. The number of carbonyl (C=O) groups excluding carboxylic acids is 2. The van der Waals surface area contributed by atoms with E-state index in [1.807, 2.05) is 0 Å². The average Bonchev–Trinajstić information content (AvgIpc) is 2.95. The van der Waals surface area contributed by atoms with Crippen LogP contribution in [0.4, 0.5) is 5.69 Å². The smallest absolute Gasteiger partial charge is 0.349 e. The number of ether oxygens (including phenoxy) is 1. The Kier molecular flexibility index (Phi) is 4.76. The van der Waals surface area contributed by atoms with Crippen LogP contribution in [0, 0.1) is 0 Å². The summed E-state index contributed by atoms with van der Waals surface area (Å²) in [5.74, 6) is -0.893. The zero-order valence-electron chi connectivity index (χ0n) is 10.6. The zero-order valence-corrected chi connectivity index (χ0v) is 12.2. The standard InChI is InChI=1S/C14H12ClNO3S/c1-9(19-14(18)12-3-2-8-20-12)13(17)16-11-6-4-10(15)5-7-11/h2-9H,1H3,(H,16,17)/t9-/m1/s1. The van der Waals surface area contributed by atoms with Crippen molar-refractivity contribution >= 4 is 40.5 Å². The second-order valence-electron chi connectivity index (χ2n) is 4.02. The second-order valence-corrected chi connectivity index (χ2v) is 5.41. The lowest BCUT2D eigenvalue weighted by molar-refractivity contribution is -0.123. The van der Waals surface area contributed by atoms with E-state index in [9.17, 15) is 9.59 Å². The number of anilines is 1. The summed E-state index contributed by atoms with van der Waals surface area (Å²) in [6.45, 7) is 1.52. The molecule has 2 rings (SSSR count). The van der Waals surface area contributed by atoms with Crippen LogP contribution in [0.5, 0.6) is 0 Å². The van der Waals surface area contributed by atoms with Crippen molar-refractivity contribution < 1.29 is 14.3 Å². The van der Waals surface area contributed by atoms with Crippen molar-refractivity contribution in [3.8, 4) is 0 Å². The van der Waals surface area contributed by atoms with Crippen LogP contribution in [-0.2, 0) is 9.53 Å². The lowest BCUT2D eigenvalue weighted by atomic mass is 10.3. The van der Waals surface area contributed by atoms with E-state index < -0.39 is 18.0 Å². The van der Waals surface area contributed by atoms with E-state index in [0.29, 0.717) is 15.6 Å². The Bertz CT molecular complexity index is 595. The highest BCUT2D eigenvalue weighted by molar-refractivity contribution is 7.11. The molecule has 0 aliphatic heterocycles. The van der Waals surface area contributed by atoms with Crippen LogP contribution in [-0.4, -0.2) is 18.0 Å². The number of thiophene rings is 1. The van der Waals surface area contributed by atoms with Crippen molar-refractivity contribution in [1.29, 1.82) is 0 Å². The van der Waals surface area contributed by atoms with Crippen LogP contribution in [0.2, 0.25) is 5.02 Å². The van der Waals surface area contributed by atoms with E-state index >= 15 is 0 Å². The molecule has 4 nitrogen and oxygen atoms in total. The van der Waals surface area contributed by atoms with E-state index in [1.54, 1.807) is 41.8 Å². The van der Waals surface area contributed by atoms with Gasteiger partial charge < -0.3 is 10.1 Å². The minimum Gasteiger partial charge on any atom is -0.448 e. The Morgan fingerprint density at radius 1 is 1.25 bits per heavy atom. The van der Waals surface area contributed by atoms with Gasteiger partial charge in [0.15, 0.2) is 6.10 Å². The summed E-state index contributed by atoms with van der Waals surface area (Å²) in [4.78, 5) is 24.1. The summed E-state index contributed by atoms with van der Waals surface area (Å²) < 4.78 is 5.09. The quantitative estimate of drug-likeness (QED) is 0.878. The summed E-state index contributed by atoms with van der Waals surface area (Å²) in [7, 11) is 0. The number of amides is 1. The lowest BCUT2D eigenvalue weighted by Gasteiger charge is -2.13. The maximum atomic E-state index is 11.9. The van der Waals surface area contributed by atoms with Crippen molar-refractivity contribution in [2.24, 2.45) is 0 Å². The molecular weight excluding hydrogens is 298 g/mol. The van der Waals surface area contributed by atoms with Gasteiger partial charge in [-0.3, -0.25) is 4.79 Å². The number of hydrogen-bond acceptors (Lipinski definition) is 4. The third kappa shape index (κ3) is 3.82. The Hall–Kier alpha value is -1.85. The molecule has 0 radical (unpaired) electrons. The first-order chi connectivity index (χ1) is 9.56. The van der Waals surface area contributed by atoms with Crippen LogP contribution in [0.3, 0.4) is 0 Å². The number of rotatable bonds is 4. The molecule has 6 heteroatoms. The van der Waals surface area contributed by atoms with Gasteiger partial charge in [-0.2, -0.15) is 0 Å². The van der Waals surface area contributed by atoms with Crippen LogP contribution in [0.25, 0.3) is 0 Å². The maximum Gasteiger partial charge on any atom is 0.349 e. The molecule has 104 valence electrons. The van der Waals surface area contributed by atoms with Crippen molar-refractivity contribution in [1.82, 2.24) is 0 Å². The molecule has 1 N–H and O–H groups in total. The fourth-order valence-electron chi connectivity index (χ4n) is 1.44. The summed E-state index contributed by atoms with van der Waals surface area (Å²) in [5, 5.41) is 5.00. The third-order valence-corrected chi connectivity index (χ3v) is 3.59. The summed E-state index contributed by atoms with van der Waals surface area (Å²) in [6.07, 6.45) is -0.875. The molecule has 0 fully saturated rings. The van der Waals surface area contributed by atoms with Gasteiger partial charge in [-0.1, -0.05) is 17.7 Å². The van der Waals surface area contributed by atoms with Gasteiger partial charge in [0.25, 0.3) is 5.91 Å². The number of carbonyl (C=O) groups is 2. The monoisotopic (exact) mass is 309 g/mol. The number of hydrogen-bond donors (Lipinski definition) is 1. The number of halogens is 1. The fraction of sp³-hybridized carbons (Fsp3) is 0.143. The Morgan fingerprint density at radius 2 is 1.95 bits per heavy atom. The molecule has 20 heavy (non-hydrogen) atoms. The highest BCUT2D eigenvalue weighted by Crippen LogP contribution is 2.15. The Morgan fingerprint density at radius 3 is 2.55 bits per heavy atom.